The first kappa shape index (κ1) is 12.3. The fraction of sp³-hybridized carbons (Fsp3) is 0.500. The number of nitrogens with zero attached hydrogens (tertiary/aromatic N) is 2. The van der Waals surface area contributed by atoms with Crippen molar-refractivity contribution < 1.29 is 4.52 Å². The SMILES string of the molecule is CC(C)CNCc1nc(Cc2cccs2)no1. The smallest absolute Gasteiger partial charge is 0.240 e. The summed E-state index contributed by atoms with van der Waals surface area (Å²) in [4.78, 5) is 5.61. The maximum Gasteiger partial charge on any atom is 0.240 e. The van der Waals surface area contributed by atoms with E-state index >= 15 is 0 Å². The van der Waals surface area contributed by atoms with Gasteiger partial charge in [0, 0.05) is 11.3 Å². The van der Waals surface area contributed by atoms with E-state index in [2.05, 4.69) is 40.8 Å². The Morgan fingerprint density at radius 3 is 3.06 bits per heavy atom. The van der Waals surface area contributed by atoms with Crippen molar-refractivity contribution >= 4 is 11.3 Å². The molecule has 0 unspecified atom stereocenters. The molecule has 4 nitrogen and oxygen atoms in total. The van der Waals surface area contributed by atoms with Crippen molar-refractivity contribution in [1.29, 1.82) is 0 Å². The number of nitrogens with one attached hydrogen (secondary N) is 1. The van der Waals surface area contributed by atoms with E-state index in [-0.39, 0.29) is 0 Å². The predicted molar refractivity (Wildman–Crippen MR) is 68.0 cm³/mol. The van der Waals surface area contributed by atoms with Gasteiger partial charge in [-0.25, -0.2) is 0 Å². The highest BCUT2D eigenvalue weighted by molar-refractivity contribution is 7.09. The van der Waals surface area contributed by atoms with Gasteiger partial charge in [-0.05, 0) is 23.9 Å². The molecule has 0 fully saturated rings. The maximum atomic E-state index is 5.18. The summed E-state index contributed by atoms with van der Waals surface area (Å²) in [6, 6.07) is 4.11. The second-order valence-electron chi connectivity index (χ2n) is 4.39. The Kier molecular flexibility index (Phi) is 4.28. The van der Waals surface area contributed by atoms with Gasteiger partial charge in [-0.15, -0.1) is 11.3 Å². The second-order valence-corrected chi connectivity index (χ2v) is 5.42. The van der Waals surface area contributed by atoms with Crippen LogP contribution in [0.15, 0.2) is 22.0 Å². The lowest BCUT2D eigenvalue weighted by molar-refractivity contribution is 0.360. The largest absolute Gasteiger partial charge is 0.338 e. The first-order valence-corrected chi connectivity index (χ1v) is 6.66. The Hall–Kier alpha value is -1.20. The summed E-state index contributed by atoms with van der Waals surface area (Å²) in [5, 5.41) is 9.31. The third-order valence-corrected chi connectivity index (χ3v) is 3.13. The number of hydrogen-bond donors (Lipinski definition) is 1. The molecule has 0 aliphatic carbocycles. The molecule has 2 rings (SSSR count). The van der Waals surface area contributed by atoms with Gasteiger partial charge in [-0.2, -0.15) is 4.98 Å². The molecule has 0 saturated heterocycles. The molecular weight excluding hydrogens is 234 g/mol. The van der Waals surface area contributed by atoms with E-state index in [0.717, 1.165) is 18.8 Å². The van der Waals surface area contributed by atoms with Crippen LogP contribution in [-0.4, -0.2) is 16.7 Å². The zero-order valence-corrected chi connectivity index (χ0v) is 11.0. The lowest BCUT2D eigenvalue weighted by Crippen LogP contribution is -2.19. The second kappa shape index (κ2) is 5.93. The minimum absolute atomic E-state index is 0.628. The number of aromatic nitrogens is 2. The molecule has 0 aromatic carbocycles. The molecule has 0 aliphatic heterocycles. The van der Waals surface area contributed by atoms with Crippen LogP contribution in [0.1, 0.15) is 30.4 Å². The van der Waals surface area contributed by atoms with Crippen LogP contribution in [-0.2, 0) is 13.0 Å². The van der Waals surface area contributed by atoms with Crippen LogP contribution in [0, 0.1) is 5.92 Å². The third kappa shape index (κ3) is 3.94. The van der Waals surface area contributed by atoms with Gasteiger partial charge >= 0.3 is 0 Å². The molecule has 17 heavy (non-hydrogen) atoms. The minimum Gasteiger partial charge on any atom is -0.338 e. The molecule has 1 N–H and O–H groups in total. The normalized spacial score (nSPS) is 11.2. The zero-order chi connectivity index (χ0) is 12.1. The van der Waals surface area contributed by atoms with Crippen molar-refractivity contribution in [3.8, 4) is 0 Å². The highest BCUT2D eigenvalue weighted by Gasteiger charge is 2.07. The Labute approximate surface area is 105 Å². The van der Waals surface area contributed by atoms with E-state index in [1.807, 2.05) is 6.07 Å². The van der Waals surface area contributed by atoms with Crippen LogP contribution < -0.4 is 5.32 Å². The maximum absolute atomic E-state index is 5.18. The molecule has 0 saturated carbocycles. The summed E-state index contributed by atoms with van der Waals surface area (Å²) in [5.41, 5.74) is 0. The van der Waals surface area contributed by atoms with Crippen LogP contribution in [0.25, 0.3) is 0 Å². The van der Waals surface area contributed by atoms with E-state index < -0.39 is 0 Å². The summed E-state index contributed by atoms with van der Waals surface area (Å²) >= 11 is 1.71. The standard InChI is InChI=1S/C12H17N3OS/c1-9(2)7-13-8-12-14-11(15-16-12)6-10-4-3-5-17-10/h3-5,9,13H,6-8H2,1-2H3. The van der Waals surface area contributed by atoms with Gasteiger partial charge in [0.05, 0.1) is 6.54 Å². The molecule has 0 bridgehead atoms. The van der Waals surface area contributed by atoms with E-state index in [1.165, 1.54) is 4.88 Å². The molecule has 5 heteroatoms. The quantitative estimate of drug-likeness (QED) is 0.857. The summed E-state index contributed by atoms with van der Waals surface area (Å²) < 4.78 is 5.18. The highest BCUT2D eigenvalue weighted by Crippen LogP contribution is 2.12. The highest BCUT2D eigenvalue weighted by atomic mass is 32.1. The first-order valence-electron chi connectivity index (χ1n) is 5.78. The monoisotopic (exact) mass is 251 g/mol. The van der Waals surface area contributed by atoms with Gasteiger partial charge in [0.2, 0.25) is 5.89 Å². The lowest BCUT2D eigenvalue weighted by Gasteiger charge is -2.03. The van der Waals surface area contributed by atoms with Crippen molar-refractivity contribution in [2.45, 2.75) is 26.8 Å². The molecule has 0 atom stereocenters. The summed E-state index contributed by atoms with van der Waals surface area (Å²) in [6.07, 6.45) is 0.755. The molecule has 0 radical (unpaired) electrons. The average molecular weight is 251 g/mol. The first-order chi connectivity index (χ1) is 8.24. The van der Waals surface area contributed by atoms with E-state index in [9.17, 15) is 0 Å². The fourth-order valence-corrected chi connectivity index (χ4v) is 2.17. The number of thiophene rings is 1. The van der Waals surface area contributed by atoms with Gasteiger partial charge in [0.15, 0.2) is 5.82 Å². The van der Waals surface area contributed by atoms with Crippen molar-refractivity contribution in [2.75, 3.05) is 6.54 Å². The molecule has 0 aliphatic rings. The third-order valence-electron chi connectivity index (χ3n) is 2.25. The van der Waals surface area contributed by atoms with Crippen molar-refractivity contribution in [2.24, 2.45) is 5.92 Å². The van der Waals surface area contributed by atoms with E-state index in [1.54, 1.807) is 11.3 Å². The number of hydrogen-bond acceptors (Lipinski definition) is 5. The van der Waals surface area contributed by atoms with Crippen LogP contribution in [0.5, 0.6) is 0 Å². The van der Waals surface area contributed by atoms with Gasteiger partial charge in [0.1, 0.15) is 0 Å². The summed E-state index contributed by atoms with van der Waals surface area (Å²) in [6.45, 7) is 5.95. The number of rotatable bonds is 6. The average Bonchev–Trinajstić information content (AvgIpc) is 2.90. The molecule has 92 valence electrons. The molecule has 2 heterocycles. The zero-order valence-electron chi connectivity index (χ0n) is 10.1. The van der Waals surface area contributed by atoms with Gasteiger partial charge in [0.25, 0.3) is 0 Å². The molecule has 0 spiro atoms. The van der Waals surface area contributed by atoms with Crippen molar-refractivity contribution in [3.05, 3.63) is 34.1 Å². The molecule has 0 amide bonds. The van der Waals surface area contributed by atoms with Crippen LogP contribution in [0.2, 0.25) is 0 Å². The Balaban J connectivity index is 1.83. The van der Waals surface area contributed by atoms with E-state index in [4.69, 9.17) is 4.52 Å². The van der Waals surface area contributed by atoms with Gasteiger partial charge in [-0.3, -0.25) is 0 Å². The Morgan fingerprint density at radius 1 is 1.47 bits per heavy atom. The lowest BCUT2D eigenvalue weighted by atomic mass is 10.2. The summed E-state index contributed by atoms with van der Waals surface area (Å²) in [7, 11) is 0. The van der Waals surface area contributed by atoms with Gasteiger partial charge < -0.3 is 9.84 Å². The molecule has 2 aromatic rings. The fourth-order valence-electron chi connectivity index (χ4n) is 1.47. The topological polar surface area (TPSA) is 51.0 Å². The van der Waals surface area contributed by atoms with E-state index in [0.29, 0.717) is 18.4 Å². The Bertz CT molecular complexity index is 436. The van der Waals surface area contributed by atoms with Crippen LogP contribution in [0.3, 0.4) is 0 Å². The van der Waals surface area contributed by atoms with Crippen molar-refractivity contribution in [3.63, 3.8) is 0 Å². The van der Waals surface area contributed by atoms with Gasteiger partial charge in [-0.1, -0.05) is 25.1 Å². The predicted octanol–water partition coefficient (Wildman–Crippen LogP) is 2.47. The molecule has 2 aromatic heterocycles. The minimum atomic E-state index is 0.628. The summed E-state index contributed by atoms with van der Waals surface area (Å²) in [5.74, 6) is 2.05. The Morgan fingerprint density at radius 2 is 2.35 bits per heavy atom. The molecular formula is C12H17N3OS. The van der Waals surface area contributed by atoms with Crippen LogP contribution in [0.4, 0.5) is 0 Å². The van der Waals surface area contributed by atoms with Crippen molar-refractivity contribution in [1.82, 2.24) is 15.5 Å². The van der Waals surface area contributed by atoms with Crippen LogP contribution >= 0.6 is 11.3 Å².